The van der Waals surface area contributed by atoms with Crippen LogP contribution in [0, 0.1) is 0 Å². The van der Waals surface area contributed by atoms with Crippen LogP contribution >= 0.6 is 0 Å². The van der Waals surface area contributed by atoms with Gasteiger partial charge in [0.25, 0.3) is 0 Å². The summed E-state index contributed by atoms with van der Waals surface area (Å²) >= 11 is 0. The van der Waals surface area contributed by atoms with Crippen LogP contribution in [0.4, 0.5) is 0 Å². The fraction of sp³-hybridized carbons (Fsp3) is 1.00. The molecular weight excluding hydrogens is 228 g/mol. The number of hydrogen-bond donors (Lipinski definition) is 2. The van der Waals surface area contributed by atoms with Gasteiger partial charge in [0.15, 0.2) is 0 Å². The summed E-state index contributed by atoms with van der Waals surface area (Å²) in [5.41, 5.74) is -0.714. The molecule has 1 aliphatic rings. The molecule has 6 heteroatoms. The summed E-state index contributed by atoms with van der Waals surface area (Å²) in [6.45, 7) is 5.19. The SMILES string of the molecule is CC(C)(O)CNC1CCN(S(C)(=O)=O)CC1. The van der Waals surface area contributed by atoms with Gasteiger partial charge >= 0.3 is 0 Å². The zero-order chi connectivity index (χ0) is 12.4. The lowest BCUT2D eigenvalue weighted by Crippen LogP contribution is -2.47. The maximum absolute atomic E-state index is 11.3. The van der Waals surface area contributed by atoms with Crippen LogP contribution in [0.3, 0.4) is 0 Å². The van der Waals surface area contributed by atoms with Crippen molar-refractivity contribution in [1.29, 1.82) is 0 Å². The predicted molar refractivity (Wildman–Crippen MR) is 63.7 cm³/mol. The highest BCUT2D eigenvalue weighted by atomic mass is 32.2. The highest BCUT2D eigenvalue weighted by Crippen LogP contribution is 2.13. The molecular formula is C10H22N2O3S. The quantitative estimate of drug-likeness (QED) is 0.723. The van der Waals surface area contributed by atoms with Crippen molar-refractivity contribution in [1.82, 2.24) is 9.62 Å². The van der Waals surface area contributed by atoms with Crippen LogP contribution in [0.2, 0.25) is 0 Å². The molecule has 0 aromatic carbocycles. The van der Waals surface area contributed by atoms with Gasteiger partial charge in [-0.2, -0.15) is 0 Å². The number of nitrogens with one attached hydrogen (secondary N) is 1. The zero-order valence-electron chi connectivity index (χ0n) is 10.2. The maximum atomic E-state index is 11.3. The minimum absolute atomic E-state index is 0.310. The molecule has 0 aliphatic carbocycles. The number of aliphatic hydroxyl groups is 1. The predicted octanol–water partition coefficient (Wildman–Crippen LogP) is -0.229. The summed E-state index contributed by atoms with van der Waals surface area (Å²) in [4.78, 5) is 0. The van der Waals surface area contributed by atoms with Crippen molar-refractivity contribution in [3.63, 3.8) is 0 Å². The van der Waals surface area contributed by atoms with Gasteiger partial charge in [-0.1, -0.05) is 0 Å². The van der Waals surface area contributed by atoms with E-state index in [1.165, 1.54) is 10.6 Å². The molecule has 5 nitrogen and oxygen atoms in total. The second-order valence-corrected chi connectivity index (χ2v) is 7.11. The second-order valence-electron chi connectivity index (χ2n) is 5.13. The molecule has 0 saturated carbocycles. The van der Waals surface area contributed by atoms with Gasteiger partial charge in [0, 0.05) is 25.7 Å². The van der Waals surface area contributed by atoms with Gasteiger partial charge in [0.2, 0.25) is 10.0 Å². The van der Waals surface area contributed by atoms with Crippen molar-refractivity contribution in [2.75, 3.05) is 25.9 Å². The number of rotatable bonds is 4. The third-order valence-corrected chi connectivity index (χ3v) is 4.05. The van der Waals surface area contributed by atoms with E-state index in [0.29, 0.717) is 25.7 Å². The summed E-state index contributed by atoms with van der Waals surface area (Å²) in [7, 11) is -3.04. The monoisotopic (exact) mass is 250 g/mol. The Morgan fingerprint density at radius 3 is 2.25 bits per heavy atom. The fourth-order valence-electron chi connectivity index (χ4n) is 1.79. The highest BCUT2D eigenvalue weighted by molar-refractivity contribution is 7.88. The Morgan fingerprint density at radius 2 is 1.88 bits per heavy atom. The van der Waals surface area contributed by atoms with Gasteiger partial charge < -0.3 is 10.4 Å². The Kier molecular flexibility index (Phi) is 4.34. The van der Waals surface area contributed by atoms with Crippen LogP contribution in [-0.2, 0) is 10.0 Å². The average molecular weight is 250 g/mol. The Bertz CT molecular complexity index is 313. The highest BCUT2D eigenvalue weighted by Gasteiger charge is 2.25. The average Bonchev–Trinajstić information content (AvgIpc) is 2.13. The number of piperidine rings is 1. The molecule has 1 aliphatic heterocycles. The molecule has 0 spiro atoms. The molecule has 1 saturated heterocycles. The van der Waals surface area contributed by atoms with E-state index in [-0.39, 0.29) is 0 Å². The zero-order valence-corrected chi connectivity index (χ0v) is 11.0. The van der Waals surface area contributed by atoms with E-state index in [2.05, 4.69) is 5.32 Å². The molecule has 0 unspecified atom stereocenters. The van der Waals surface area contributed by atoms with Gasteiger partial charge in [-0.3, -0.25) is 0 Å². The van der Waals surface area contributed by atoms with E-state index in [1.807, 2.05) is 0 Å². The number of hydrogen-bond acceptors (Lipinski definition) is 4. The first kappa shape index (κ1) is 13.9. The molecule has 1 fully saturated rings. The lowest BCUT2D eigenvalue weighted by atomic mass is 10.0. The fourth-order valence-corrected chi connectivity index (χ4v) is 2.66. The van der Waals surface area contributed by atoms with Crippen LogP contribution in [0.15, 0.2) is 0 Å². The van der Waals surface area contributed by atoms with Crippen LogP contribution in [-0.4, -0.2) is 55.4 Å². The Labute approximate surface area is 97.9 Å². The number of nitrogens with zero attached hydrogens (tertiary/aromatic N) is 1. The number of sulfonamides is 1. The third-order valence-electron chi connectivity index (χ3n) is 2.75. The Hall–Kier alpha value is -0.170. The molecule has 0 radical (unpaired) electrons. The lowest BCUT2D eigenvalue weighted by Gasteiger charge is -2.32. The summed E-state index contributed by atoms with van der Waals surface area (Å²) in [6.07, 6.45) is 2.86. The normalized spacial score (nSPS) is 21.2. The van der Waals surface area contributed by atoms with Gasteiger partial charge in [-0.25, -0.2) is 12.7 Å². The first-order chi connectivity index (χ1) is 7.18. The van der Waals surface area contributed by atoms with E-state index >= 15 is 0 Å². The third kappa shape index (κ3) is 4.78. The van der Waals surface area contributed by atoms with Crippen molar-refractivity contribution in [2.45, 2.75) is 38.3 Å². The van der Waals surface area contributed by atoms with E-state index in [1.54, 1.807) is 13.8 Å². The van der Waals surface area contributed by atoms with Crippen LogP contribution in [0.5, 0.6) is 0 Å². The molecule has 16 heavy (non-hydrogen) atoms. The van der Waals surface area contributed by atoms with Crippen molar-refractivity contribution in [2.24, 2.45) is 0 Å². The maximum Gasteiger partial charge on any atom is 0.211 e. The van der Waals surface area contributed by atoms with Gasteiger partial charge in [0.1, 0.15) is 0 Å². The van der Waals surface area contributed by atoms with Gasteiger partial charge in [-0.05, 0) is 26.7 Å². The molecule has 2 N–H and O–H groups in total. The van der Waals surface area contributed by atoms with Crippen LogP contribution in [0.1, 0.15) is 26.7 Å². The van der Waals surface area contributed by atoms with E-state index in [9.17, 15) is 13.5 Å². The smallest absolute Gasteiger partial charge is 0.211 e. The summed E-state index contributed by atoms with van der Waals surface area (Å²) in [6, 6.07) is 0.310. The molecule has 0 aromatic rings. The van der Waals surface area contributed by atoms with Gasteiger partial charge in [0.05, 0.1) is 11.9 Å². The molecule has 96 valence electrons. The van der Waals surface area contributed by atoms with Crippen LogP contribution < -0.4 is 5.32 Å². The Morgan fingerprint density at radius 1 is 1.38 bits per heavy atom. The minimum Gasteiger partial charge on any atom is -0.389 e. The summed E-state index contributed by atoms with van der Waals surface area (Å²) < 4.78 is 24.1. The first-order valence-corrected chi connectivity index (χ1v) is 7.44. The minimum atomic E-state index is -3.04. The molecule has 0 atom stereocenters. The lowest BCUT2D eigenvalue weighted by molar-refractivity contribution is 0.0737. The second kappa shape index (κ2) is 5.00. The van der Waals surface area contributed by atoms with Crippen molar-refractivity contribution in [3.8, 4) is 0 Å². The standard InChI is InChI=1S/C10H22N2O3S/c1-10(2,13)8-11-9-4-6-12(7-5-9)16(3,14)15/h9,11,13H,4-8H2,1-3H3. The molecule has 0 amide bonds. The summed E-state index contributed by atoms with van der Waals surface area (Å²) in [5.74, 6) is 0. The van der Waals surface area contributed by atoms with Crippen molar-refractivity contribution in [3.05, 3.63) is 0 Å². The topological polar surface area (TPSA) is 69.6 Å². The molecule has 0 aromatic heterocycles. The van der Waals surface area contributed by atoms with Crippen molar-refractivity contribution >= 4 is 10.0 Å². The summed E-state index contributed by atoms with van der Waals surface area (Å²) in [5, 5.41) is 12.8. The van der Waals surface area contributed by atoms with E-state index in [4.69, 9.17) is 0 Å². The van der Waals surface area contributed by atoms with Crippen molar-refractivity contribution < 1.29 is 13.5 Å². The van der Waals surface area contributed by atoms with Gasteiger partial charge in [-0.15, -0.1) is 0 Å². The molecule has 0 bridgehead atoms. The van der Waals surface area contributed by atoms with E-state index in [0.717, 1.165) is 12.8 Å². The first-order valence-electron chi connectivity index (χ1n) is 5.59. The Balaban J connectivity index is 2.33. The largest absolute Gasteiger partial charge is 0.389 e. The molecule has 1 rings (SSSR count). The van der Waals surface area contributed by atoms with E-state index < -0.39 is 15.6 Å². The van der Waals surface area contributed by atoms with Crippen LogP contribution in [0.25, 0.3) is 0 Å². The molecule has 1 heterocycles.